The molecule has 3 aromatic carbocycles. The Labute approximate surface area is 191 Å². The van der Waals surface area contributed by atoms with Crippen LogP contribution in [0.15, 0.2) is 91.1 Å². The number of hydrogen-bond donors (Lipinski definition) is 2. The van der Waals surface area contributed by atoms with Gasteiger partial charge in [-0.1, -0.05) is 72.8 Å². The largest absolute Gasteiger partial charge is 0.348 e. The Bertz CT molecular complexity index is 1270. The minimum absolute atomic E-state index is 0.139. The fourth-order valence-corrected chi connectivity index (χ4v) is 3.63. The van der Waals surface area contributed by atoms with Gasteiger partial charge in [0.1, 0.15) is 12.0 Å². The predicted octanol–water partition coefficient (Wildman–Crippen LogP) is 3.70. The zero-order chi connectivity index (χ0) is 23.0. The number of benzene rings is 3. The van der Waals surface area contributed by atoms with E-state index in [-0.39, 0.29) is 11.6 Å². The van der Waals surface area contributed by atoms with Crippen LogP contribution < -0.4 is 10.6 Å². The van der Waals surface area contributed by atoms with Crippen LogP contribution in [0.25, 0.3) is 10.8 Å². The molecule has 4 aromatic rings. The first kappa shape index (κ1) is 21.9. The van der Waals surface area contributed by atoms with Gasteiger partial charge in [-0.25, -0.2) is 0 Å². The number of nitrogens with zero attached hydrogens (tertiary/aromatic N) is 1. The first-order valence-corrected chi connectivity index (χ1v) is 10.6. The van der Waals surface area contributed by atoms with Crippen LogP contribution in [0.3, 0.4) is 0 Å². The van der Waals surface area contributed by atoms with Gasteiger partial charge in [0, 0.05) is 12.7 Å². The average Bonchev–Trinajstić information content (AvgIpc) is 2.87. The molecule has 0 unspecified atom stereocenters. The van der Waals surface area contributed by atoms with Crippen molar-refractivity contribution in [2.75, 3.05) is 0 Å². The monoisotopic (exact) mass is 437 g/mol. The highest BCUT2D eigenvalue weighted by Gasteiger charge is 2.15. The van der Waals surface area contributed by atoms with Gasteiger partial charge in [0.2, 0.25) is 0 Å². The molecule has 0 aliphatic heterocycles. The number of fused-ring (bicyclic) bond motifs is 1. The molecule has 1 aromatic heterocycles. The number of aromatic nitrogens is 1. The topological polar surface area (TPSA) is 88.2 Å². The molecule has 0 aliphatic carbocycles. The van der Waals surface area contributed by atoms with Crippen LogP contribution in [0.1, 0.15) is 32.0 Å². The van der Waals surface area contributed by atoms with E-state index in [1.165, 1.54) is 12.3 Å². The highest BCUT2D eigenvalue weighted by Crippen LogP contribution is 2.18. The van der Waals surface area contributed by atoms with Crippen molar-refractivity contribution in [2.45, 2.75) is 19.0 Å². The van der Waals surface area contributed by atoms with E-state index in [1.54, 1.807) is 6.07 Å². The van der Waals surface area contributed by atoms with E-state index in [0.29, 0.717) is 24.8 Å². The summed E-state index contributed by atoms with van der Waals surface area (Å²) in [7, 11) is 0. The van der Waals surface area contributed by atoms with E-state index in [2.05, 4.69) is 15.6 Å². The number of carbonyl (C=O) groups is 3. The molecule has 2 N–H and O–H groups in total. The second kappa shape index (κ2) is 10.3. The van der Waals surface area contributed by atoms with Crippen molar-refractivity contribution in [1.82, 2.24) is 15.6 Å². The van der Waals surface area contributed by atoms with Crippen molar-refractivity contribution in [3.8, 4) is 0 Å². The molecule has 0 radical (unpaired) electrons. The minimum Gasteiger partial charge on any atom is -0.348 e. The van der Waals surface area contributed by atoms with Crippen molar-refractivity contribution in [3.05, 3.63) is 114 Å². The summed E-state index contributed by atoms with van der Waals surface area (Å²) in [5.74, 6) is -0.747. The first-order chi connectivity index (χ1) is 16.1. The molecule has 1 atom stereocenters. The fraction of sp³-hybridized carbons (Fsp3) is 0.111. The zero-order valence-corrected chi connectivity index (χ0v) is 17.9. The number of pyridine rings is 1. The smallest absolute Gasteiger partial charge is 0.270 e. The summed E-state index contributed by atoms with van der Waals surface area (Å²) < 4.78 is 0. The molecular weight excluding hydrogens is 414 g/mol. The zero-order valence-electron chi connectivity index (χ0n) is 17.9. The molecule has 33 heavy (non-hydrogen) atoms. The third-order valence-electron chi connectivity index (χ3n) is 5.36. The number of rotatable bonds is 8. The second-order valence-corrected chi connectivity index (χ2v) is 7.66. The van der Waals surface area contributed by atoms with Crippen LogP contribution in [-0.2, 0) is 17.8 Å². The Hall–Kier alpha value is -4.32. The Morgan fingerprint density at radius 2 is 1.61 bits per heavy atom. The van der Waals surface area contributed by atoms with Crippen molar-refractivity contribution in [1.29, 1.82) is 0 Å². The normalized spacial score (nSPS) is 11.5. The Kier molecular flexibility index (Phi) is 6.85. The number of nitrogens with one attached hydrogen (secondary N) is 2. The summed E-state index contributed by atoms with van der Waals surface area (Å²) in [6.07, 6.45) is 2.46. The van der Waals surface area contributed by atoms with Gasteiger partial charge < -0.3 is 15.4 Å². The van der Waals surface area contributed by atoms with Crippen LogP contribution in [-0.4, -0.2) is 29.1 Å². The molecule has 2 amide bonds. The van der Waals surface area contributed by atoms with Gasteiger partial charge in [-0.3, -0.25) is 14.6 Å². The quantitative estimate of drug-likeness (QED) is 0.412. The van der Waals surface area contributed by atoms with Crippen LogP contribution in [0.5, 0.6) is 0 Å². The Morgan fingerprint density at radius 1 is 0.848 bits per heavy atom. The maximum absolute atomic E-state index is 12.6. The summed E-state index contributed by atoms with van der Waals surface area (Å²) in [6, 6.07) is 25.8. The van der Waals surface area contributed by atoms with Crippen molar-refractivity contribution in [3.63, 3.8) is 0 Å². The SMILES string of the molecule is O=C[C@H](Cc1ccccc1)NC(=O)c1ccc(C(=O)NCc2cccc3ccccc23)cn1. The van der Waals surface area contributed by atoms with Crippen molar-refractivity contribution < 1.29 is 14.4 Å². The van der Waals surface area contributed by atoms with E-state index in [1.807, 2.05) is 72.8 Å². The van der Waals surface area contributed by atoms with Crippen LogP contribution >= 0.6 is 0 Å². The molecule has 0 bridgehead atoms. The molecule has 6 heteroatoms. The molecular formula is C27H23N3O3. The Morgan fingerprint density at radius 3 is 2.36 bits per heavy atom. The highest BCUT2D eigenvalue weighted by atomic mass is 16.2. The van der Waals surface area contributed by atoms with Gasteiger partial charge in [0.15, 0.2) is 0 Å². The lowest BCUT2D eigenvalue weighted by Gasteiger charge is -2.13. The molecule has 0 saturated carbocycles. The van der Waals surface area contributed by atoms with Gasteiger partial charge in [0.05, 0.1) is 11.6 Å². The summed E-state index contributed by atoms with van der Waals surface area (Å²) in [5.41, 5.74) is 2.45. The number of carbonyl (C=O) groups excluding carboxylic acids is 3. The summed E-state index contributed by atoms with van der Waals surface area (Å²) in [6.45, 7) is 0.378. The third-order valence-corrected chi connectivity index (χ3v) is 5.36. The second-order valence-electron chi connectivity index (χ2n) is 7.66. The van der Waals surface area contributed by atoms with Gasteiger partial charge in [-0.05, 0) is 40.5 Å². The average molecular weight is 437 g/mol. The lowest BCUT2D eigenvalue weighted by atomic mass is 10.0. The third kappa shape index (κ3) is 5.49. The molecule has 1 heterocycles. The minimum atomic E-state index is -0.662. The van der Waals surface area contributed by atoms with E-state index in [0.717, 1.165) is 21.9 Å². The molecule has 4 rings (SSSR count). The standard InChI is InChI=1S/C27H23N3O3/c31-18-23(15-19-7-2-1-3-8-19)30-27(33)25-14-13-22(17-28-25)26(32)29-16-21-11-6-10-20-9-4-5-12-24(20)21/h1-14,17-18,23H,15-16H2,(H,29,32)(H,30,33)/t23-/m0/s1. The molecule has 0 spiro atoms. The van der Waals surface area contributed by atoms with E-state index >= 15 is 0 Å². The number of hydrogen-bond acceptors (Lipinski definition) is 4. The van der Waals surface area contributed by atoms with Crippen molar-refractivity contribution in [2.24, 2.45) is 0 Å². The first-order valence-electron chi connectivity index (χ1n) is 10.6. The van der Waals surface area contributed by atoms with E-state index in [4.69, 9.17) is 0 Å². The molecule has 0 fully saturated rings. The molecule has 164 valence electrons. The maximum atomic E-state index is 12.6. The van der Waals surface area contributed by atoms with Crippen LogP contribution in [0, 0.1) is 0 Å². The fourth-order valence-electron chi connectivity index (χ4n) is 3.63. The lowest BCUT2D eigenvalue weighted by molar-refractivity contribution is -0.109. The lowest BCUT2D eigenvalue weighted by Crippen LogP contribution is -2.38. The van der Waals surface area contributed by atoms with Crippen LogP contribution in [0.4, 0.5) is 0 Å². The van der Waals surface area contributed by atoms with Gasteiger partial charge in [-0.15, -0.1) is 0 Å². The maximum Gasteiger partial charge on any atom is 0.270 e. The summed E-state index contributed by atoms with van der Waals surface area (Å²) in [5, 5.41) is 7.77. The summed E-state index contributed by atoms with van der Waals surface area (Å²) >= 11 is 0. The van der Waals surface area contributed by atoms with E-state index < -0.39 is 11.9 Å². The number of amides is 2. The van der Waals surface area contributed by atoms with E-state index in [9.17, 15) is 14.4 Å². The van der Waals surface area contributed by atoms with Gasteiger partial charge in [0.25, 0.3) is 11.8 Å². The molecule has 0 aliphatic rings. The van der Waals surface area contributed by atoms with Crippen molar-refractivity contribution >= 4 is 28.9 Å². The predicted molar refractivity (Wildman–Crippen MR) is 127 cm³/mol. The van der Waals surface area contributed by atoms with Gasteiger partial charge >= 0.3 is 0 Å². The molecule has 0 saturated heterocycles. The highest BCUT2D eigenvalue weighted by molar-refractivity contribution is 5.97. The summed E-state index contributed by atoms with van der Waals surface area (Å²) in [4.78, 5) is 40.6. The number of aldehydes is 1. The Balaban J connectivity index is 1.36. The van der Waals surface area contributed by atoms with Gasteiger partial charge in [-0.2, -0.15) is 0 Å². The molecule has 6 nitrogen and oxygen atoms in total. The van der Waals surface area contributed by atoms with Crippen LogP contribution in [0.2, 0.25) is 0 Å².